The second-order valence-electron chi connectivity index (χ2n) is 4.47. The van der Waals surface area contributed by atoms with E-state index >= 15 is 0 Å². The zero-order valence-corrected chi connectivity index (χ0v) is 11.6. The Labute approximate surface area is 125 Å². The molecule has 0 radical (unpaired) electrons. The summed E-state index contributed by atoms with van der Waals surface area (Å²) in [5.41, 5.74) is 0.770. The third kappa shape index (κ3) is 2.68. The summed E-state index contributed by atoms with van der Waals surface area (Å²) in [4.78, 5) is 25.3. The predicted octanol–water partition coefficient (Wildman–Crippen LogP) is 2.80. The zero-order chi connectivity index (χ0) is 14.8. The van der Waals surface area contributed by atoms with E-state index in [0.29, 0.717) is 16.5 Å². The number of amides is 2. The van der Waals surface area contributed by atoms with Gasteiger partial charge in [-0.15, -0.1) is 0 Å². The Bertz CT molecular complexity index is 722. The van der Waals surface area contributed by atoms with Crippen molar-refractivity contribution in [3.63, 3.8) is 0 Å². The first-order chi connectivity index (χ1) is 10.1. The summed E-state index contributed by atoms with van der Waals surface area (Å²) in [6, 6.07) is 10.4. The van der Waals surface area contributed by atoms with Crippen molar-refractivity contribution in [3.05, 3.63) is 65.2 Å². The lowest BCUT2D eigenvalue weighted by Crippen LogP contribution is -2.31. The van der Waals surface area contributed by atoms with Crippen molar-refractivity contribution in [2.24, 2.45) is 0 Å². The monoisotopic (exact) mass is 302 g/mol. The van der Waals surface area contributed by atoms with E-state index < -0.39 is 5.91 Å². The molecule has 0 fully saturated rings. The van der Waals surface area contributed by atoms with Gasteiger partial charge in [-0.05, 0) is 24.3 Å². The minimum absolute atomic E-state index is 0.106. The van der Waals surface area contributed by atoms with Crippen LogP contribution in [0.25, 0.3) is 0 Å². The van der Waals surface area contributed by atoms with Crippen molar-refractivity contribution < 1.29 is 14.0 Å². The molecule has 2 heterocycles. The number of benzene rings is 1. The largest absolute Gasteiger partial charge is 0.467 e. The molecule has 1 aliphatic rings. The van der Waals surface area contributed by atoms with Crippen molar-refractivity contribution >= 4 is 29.1 Å². The highest BCUT2D eigenvalue weighted by Crippen LogP contribution is 2.25. The lowest BCUT2D eigenvalue weighted by molar-refractivity contribution is -0.138. The first-order valence-corrected chi connectivity index (χ1v) is 6.64. The Morgan fingerprint density at radius 1 is 1.14 bits per heavy atom. The van der Waals surface area contributed by atoms with E-state index in [1.165, 1.54) is 12.3 Å². The van der Waals surface area contributed by atoms with Crippen LogP contribution in [0.5, 0.6) is 0 Å². The number of rotatable bonds is 4. The minimum atomic E-state index is -0.406. The average Bonchev–Trinajstić information content (AvgIpc) is 3.06. The molecule has 0 saturated carbocycles. The summed E-state index contributed by atoms with van der Waals surface area (Å²) in [7, 11) is 0. The van der Waals surface area contributed by atoms with Gasteiger partial charge >= 0.3 is 0 Å². The summed E-state index contributed by atoms with van der Waals surface area (Å²) < 4.78 is 5.15. The summed E-state index contributed by atoms with van der Waals surface area (Å²) in [6.45, 7) is 0.106. The molecule has 0 aliphatic carbocycles. The van der Waals surface area contributed by atoms with Crippen molar-refractivity contribution in [3.8, 4) is 0 Å². The highest BCUT2D eigenvalue weighted by atomic mass is 35.5. The molecule has 1 N–H and O–H groups in total. The number of nitrogens with zero attached hydrogens (tertiary/aromatic N) is 1. The van der Waals surface area contributed by atoms with Crippen LogP contribution in [0.1, 0.15) is 5.76 Å². The van der Waals surface area contributed by atoms with E-state index in [9.17, 15) is 9.59 Å². The van der Waals surface area contributed by atoms with Gasteiger partial charge in [0.25, 0.3) is 11.8 Å². The maximum Gasteiger partial charge on any atom is 0.277 e. The second-order valence-corrected chi connectivity index (χ2v) is 4.88. The number of halogens is 1. The van der Waals surface area contributed by atoms with Crippen molar-refractivity contribution in [1.29, 1.82) is 0 Å². The number of anilines is 1. The van der Waals surface area contributed by atoms with Crippen molar-refractivity contribution in [2.45, 2.75) is 6.54 Å². The fourth-order valence-corrected chi connectivity index (χ4v) is 2.20. The highest BCUT2D eigenvalue weighted by Gasteiger charge is 2.32. The van der Waals surface area contributed by atoms with Gasteiger partial charge in [-0.25, -0.2) is 0 Å². The number of carbonyl (C=O) groups excluding carboxylic acids is 2. The summed E-state index contributed by atoms with van der Waals surface area (Å²) in [5.74, 6) is -0.244. The summed E-state index contributed by atoms with van der Waals surface area (Å²) in [5, 5.41) is 3.36. The van der Waals surface area contributed by atoms with Gasteiger partial charge in [0, 0.05) is 6.08 Å². The van der Waals surface area contributed by atoms with Crippen LogP contribution >= 0.6 is 11.6 Å². The smallest absolute Gasteiger partial charge is 0.277 e. The molecule has 0 spiro atoms. The van der Waals surface area contributed by atoms with Crippen LogP contribution < -0.4 is 5.32 Å². The molecule has 6 heteroatoms. The second kappa shape index (κ2) is 5.46. The lowest BCUT2D eigenvalue weighted by atomic mass is 10.3. The Morgan fingerprint density at radius 3 is 2.67 bits per heavy atom. The van der Waals surface area contributed by atoms with Crippen LogP contribution in [0.15, 0.2) is 58.9 Å². The fourth-order valence-electron chi connectivity index (χ4n) is 2.01. The molecule has 0 unspecified atom stereocenters. The van der Waals surface area contributed by atoms with Crippen molar-refractivity contribution in [1.82, 2.24) is 4.90 Å². The number of furan rings is 1. The van der Waals surface area contributed by atoms with Crippen LogP contribution in [0.3, 0.4) is 0 Å². The molecule has 106 valence electrons. The number of hydrogen-bond acceptors (Lipinski definition) is 4. The SMILES string of the molecule is O=C1C=C(Nc2ccccc2Cl)C(=O)N1Cc1ccco1. The minimum Gasteiger partial charge on any atom is -0.467 e. The molecule has 5 nitrogen and oxygen atoms in total. The number of hydrogen-bond donors (Lipinski definition) is 1. The molecule has 21 heavy (non-hydrogen) atoms. The van der Waals surface area contributed by atoms with Gasteiger partial charge in [-0.3, -0.25) is 14.5 Å². The molecule has 0 bridgehead atoms. The van der Waals surface area contributed by atoms with Gasteiger partial charge in [-0.2, -0.15) is 0 Å². The van der Waals surface area contributed by atoms with Gasteiger partial charge in [-0.1, -0.05) is 23.7 Å². The molecule has 0 atom stereocenters. The first-order valence-electron chi connectivity index (χ1n) is 6.26. The molecule has 1 aromatic heterocycles. The molecular formula is C15H11ClN2O3. The van der Waals surface area contributed by atoms with Gasteiger partial charge in [0.1, 0.15) is 11.5 Å². The molecular weight excluding hydrogens is 292 g/mol. The molecule has 2 aromatic rings. The maximum atomic E-state index is 12.2. The van der Waals surface area contributed by atoms with Crippen molar-refractivity contribution in [2.75, 3.05) is 5.32 Å². The molecule has 2 amide bonds. The van der Waals surface area contributed by atoms with E-state index in [1.54, 1.807) is 36.4 Å². The topological polar surface area (TPSA) is 62.6 Å². The molecule has 1 aliphatic heterocycles. The fraction of sp³-hybridized carbons (Fsp3) is 0.0667. The Kier molecular flexibility index (Phi) is 3.50. The van der Waals surface area contributed by atoms with Crippen LogP contribution in [-0.4, -0.2) is 16.7 Å². The maximum absolute atomic E-state index is 12.2. The van der Waals surface area contributed by atoms with Gasteiger partial charge in [0.2, 0.25) is 0 Å². The number of carbonyl (C=O) groups is 2. The molecule has 3 rings (SSSR count). The van der Waals surface area contributed by atoms with E-state index in [2.05, 4.69) is 5.32 Å². The van der Waals surface area contributed by atoms with Gasteiger partial charge < -0.3 is 9.73 Å². The number of imide groups is 1. The van der Waals surface area contributed by atoms with E-state index in [-0.39, 0.29) is 18.1 Å². The van der Waals surface area contributed by atoms with Crippen LogP contribution in [-0.2, 0) is 16.1 Å². The van der Waals surface area contributed by atoms with Gasteiger partial charge in [0.15, 0.2) is 0 Å². The Hall–Kier alpha value is -2.53. The van der Waals surface area contributed by atoms with E-state index in [1.807, 2.05) is 0 Å². The predicted molar refractivity (Wildman–Crippen MR) is 77.4 cm³/mol. The first kappa shape index (κ1) is 13.5. The lowest BCUT2D eigenvalue weighted by Gasteiger charge is -2.14. The van der Waals surface area contributed by atoms with Crippen LogP contribution in [0.2, 0.25) is 5.02 Å². The van der Waals surface area contributed by atoms with Crippen LogP contribution in [0, 0.1) is 0 Å². The standard InChI is InChI=1S/C15H11ClN2O3/c16-11-5-1-2-6-12(11)17-13-8-14(19)18(15(13)20)9-10-4-3-7-21-10/h1-8,17H,9H2. The van der Waals surface area contributed by atoms with E-state index in [4.69, 9.17) is 16.0 Å². The number of nitrogens with one attached hydrogen (secondary N) is 1. The van der Waals surface area contributed by atoms with E-state index in [0.717, 1.165) is 4.90 Å². The number of para-hydroxylation sites is 1. The highest BCUT2D eigenvalue weighted by molar-refractivity contribution is 6.33. The molecule has 1 aromatic carbocycles. The third-order valence-corrected chi connectivity index (χ3v) is 3.38. The molecule has 0 saturated heterocycles. The summed E-state index contributed by atoms with van der Waals surface area (Å²) in [6.07, 6.45) is 2.76. The Morgan fingerprint density at radius 2 is 1.95 bits per heavy atom. The quantitative estimate of drug-likeness (QED) is 0.882. The normalized spacial score (nSPS) is 14.5. The summed E-state index contributed by atoms with van der Waals surface area (Å²) >= 11 is 6.02. The third-order valence-electron chi connectivity index (χ3n) is 3.05. The average molecular weight is 303 g/mol. The van der Waals surface area contributed by atoms with Crippen LogP contribution in [0.4, 0.5) is 5.69 Å². The zero-order valence-electron chi connectivity index (χ0n) is 10.9. The van der Waals surface area contributed by atoms with Gasteiger partial charge in [0.05, 0.1) is 23.5 Å². The Balaban J connectivity index is 1.76.